The molecule has 1 aromatic heterocycles. The molecular weight excluding hydrogens is 348 g/mol. The number of carbonyl (C=O) groups excluding carboxylic acids is 2. The van der Waals surface area contributed by atoms with E-state index in [0.717, 1.165) is 5.69 Å². The van der Waals surface area contributed by atoms with Crippen molar-refractivity contribution in [2.24, 2.45) is 0 Å². The number of nitrogens with zero attached hydrogens (tertiary/aromatic N) is 5. The lowest BCUT2D eigenvalue weighted by Gasteiger charge is -2.39. The zero-order valence-electron chi connectivity index (χ0n) is 15.0. The monoisotopic (exact) mass is 370 g/mol. The molecule has 2 amide bonds. The molecule has 142 valence electrons. The predicted octanol–water partition coefficient (Wildman–Crippen LogP) is -0.460. The van der Waals surface area contributed by atoms with Crippen LogP contribution in [0.25, 0.3) is 5.69 Å². The van der Waals surface area contributed by atoms with Crippen LogP contribution < -0.4 is 5.32 Å². The molecule has 0 bridgehead atoms. The first-order chi connectivity index (χ1) is 13.2. The Balaban J connectivity index is 1.50. The van der Waals surface area contributed by atoms with E-state index in [-0.39, 0.29) is 11.8 Å². The van der Waals surface area contributed by atoms with Crippen molar-refractivity contribution in [3.05, 3.63) is 42.5 Å². The highest BCUT2D eigenvalue weighted by Crippen LogP contribution is 2.16. The number of benzene rings is 1. The summed E-state index contributed by atoms with van der Waals surface area (Å²) < 4.78 is 7.09. The number of aromatic nitrogens is 3. The average Bonchev–Trinajstić information content (AvgIpc) is 3.28. The van der Waals surface area contributed by atoms with Gasteiger partial charge >= 0.3 is 0 Å². The number of amides is 2. The molecule has 2 aliphatic heterocycles. The Hall–Kier alpha value is -2.78. The normalized spacial score (nSPS) is 20.5. The van der Waals surface area contributed by atoms with Crippen molar-refractivity contribution >= 4 is 11.8 Å². The lowest BCUT2D eigenvalue weighted by atomic mass is 10.1. The Kier molecular flexibility index (Phi) is 5.12. The van der Waals surface area contributed by atoms with Crippen LogP contribution in [0.3, 0.4) is 0 Å². The Bertz CT molecular complexity index is 786. The molecule has 3 heterocycles. The van der Waals surface area contributed by atoms with Gasteiger partial charge in [0.2, 0.25) is 5.91 Å². The number of hydrogen-bond acceptors (Lipinski definition) is 6. The van der Waals surface area contributed by atoms with Crippen LogP contribution in [0.15, 0.2) is 36.9 Å². The maximum absolute atomic E-state index is 13.1. The lowest BCUT2D eigenvalue weighted by Crippen LogP contribution is -2.61. The summed E-state index contributed by atoms with van der Waals surface area (Å²) in [5.41, 5.74) is 1.44. The van der Waals surface area contributed by atoms with E-state index in [1.165, 1.54) is 0 Å². The van der Waals surface area contributed by atoms with Gasteiger partial charge < -0.3 is 19.9 Å². The van der Waals surface area contributed by atoms with Crippen molar-refractivity contribution in [1.29, 1.82) is 0 Å². The topological polar surface area (TPSA) is 92.6 Å². The van der Waals surface area contributed by atoms with Crippen LogP contribution in [0.5, 0.6) is 0 Å². The second-order valence-corrected chi connectivity index (χ2v) is 6.57. The van der Waals surface area contributed by atoms with E-state index in [9.17, 15) is 9.59 Å². The average molecular weight is 370 g/mol. The standard InChI is InChI=1S/C18H22N6O3/c25-17(14-1-3-15(4-2-14)23-12-20-21-13-23)24-6-5-19-11-16(24)18(26)22-7-9-27-10-8-22/h1-4,12-13,16,19H,5-11H2/t16-/m0/s1. The zero-order chi connectivity index (χ0) is 18.6. The minimum Gasteiger partial charge on any atom is -0.378 e. The van der Waals surface area contributed by atoms with Gasteiger partial charge in [0.1, 0.15) is 18.7 Å². The molecule has 0 radical (unpaired) electrons. The summed E-state index contributed by atoms with van der Waals surface area (Å²) in [7, 11) is 0. The fourth-order valence-corrected chi connectivity index (χ4v) is 3.44. The molecule has 1 N–H and O–H groups in total. The van der Waals surface area contributed by atoms with Crippen molar-refractivity contribution < 1.29 is 14.3 Å². The molecule has 2 aliphatic rings. The number of carbonyl (C=O) groups is 2. The highest BCUT2D eigenvalue weighted by Gasteiger charge is 2.35. The van der Waals surface area contributed by atoms with Gasteiger partial charge in [0, 0.05) is 44.0 Å². The zero-order valence-corrected chi connectivity index (χ0v) is 15.0. The molecular formula is C18H22N6O3. The third-order valence-electron chi connectivity index (χ3n) is 4.94. The lowest BCUT2D eigenvalue weighted by molar-refractivity contribution is -0.140. The van der Waals surface area contributed by atoms with Gasteiger partial charge in [-0.25, -0.2) is 0 Å². The van der Waals surface area contributed by atoms with Gasteiger partial charge in [-0.2, -0.15) is 0 Å². The molecule has 9 heteroatoms. The van der Waals surface area contributed by atoms with E-state index < -0.39 is 6.04 Å². The van der Waals surface area contributed by atoms with Gasteiger partial charge in [0.05, 0.1) is 13.2 Å². The fraction of sp³-hybridized carbons (Fsp3) is 0.444. The van der Waals surface area contributed by atoms with Gasteiger partial charge in [-0.15, -0.1) is 10.2 Å². The third kappa shape index (κ3) is 3.69. The second kappa shape index (κ2) is 7.85. The van der Waals surface area contributed by atoms with Crippen LogP contribution in [-0.2, 0) is 9.53 Å². The molecule has 2 fully saturated rings. The van der Waals surface area contributed by atoms with Gasteiger partial charge in [0.25, 0.3) is 5.91 Å². The Morgan fingerprint density at radius 1 is 1.04 bits per heavy atom. The van der Waals surface area contributed by atoms with E-state index >= 15 is 0 Å². The molecule has 2 aromatic rings. The fourth-order valence-electron chi connectivity index (χ4n) is 3.44. The summed E-state index contributed by atoms with van der Waals surface area (Å²) in [6.45, 7) is 3.90. The summed E-state index contributed by atoms with van der Waals surface area (Å²) in [6, 6.07) is 6.75. The number of piperazine rings is 1. The predicted molar refractivity (Wildman–Crippen MR) is 96.5 cm³/mol. The summed E-state index contributed by atoms with van der Waals surface area (Å²) in [5.74, 6) is -0.140. The van der Waals surface area contributed by atoms with Crippen molar-refractivity contribution in [2.45, 2.75) is 6.04 Å². The van der Waals surface area contributed by atoms with E-state index in [2.05, 4.69) is 15.5 Å². The molecule has 0 unspecified atom stereocenters. The summed E-state index contributed by atoms with van der Waals surface area (Å²) >= 11 is 0. The smallest absolute Gasteiger partial charge is 0.254 e. The Morgan fingerprint density at radius 2 is 1.74 bits per heavy atom. The van der Waals surface area contributed by atoms with E-state index in [1.54, 1.807) is 39.2 Å². The molecule has 0 saturated carbocycles. The largest absolute Gasteiger partial charge is 0.378 e. The van der Waals surface area contributed by atoms with Crippen molar-refractivity contribution in [3.63, 3.8) is 0 Å². The molecule has 9 nitrogen and oxygen atoms in total. The van der Waals surface area contributed by atoms with Gasteiger partial charge in [-0.1, -0.05) is 0 Å². The van der Waals surface area contributed by atoms with Gasteiger partial charge in [-0.3, -0.25) is 14.2 Å². The molecule has 2 saturated heterocycles. The van der Waals surface area contributed by atoms with E-state index in [1.807, 2.05) is 12.1 Å². The number of morpholine rings is 1. The van der Waals surface area contributed by atoms with Crippen LogP contribution in [0.1, 0.15) is 10.4 Å². The number of rotatable bonds is 3. The van der Waals surface area contributed by atoms with Crippen LogP contribution in [0, 0.1) is 0 Å². The Labute approximate surface area is 156 Å². The van der Waals surface area contributed by atoms with Crippen LogP contribution in [0.4, 0.5) is 0 Å². The summed E-state index contributed by atoms with van der Waals surface area (Å²) in [5, 5.41) is 10.8. The minimum absolute atomic E-state index is 0.0139. The molecule has 0 spiro atoms. The second-order valence-electron chi connectivity index (χ2n) is 6.57. The number of nitrogens with one attached hydrogen (secondary N) is 1. The molecule has 27 heavy (non-hydrogen) atoms. The third-order valence-corrected chi connectivity index (χ3v) is 4.94. The van der Waals surface area contributed by atoms with Crippen LogP contribution in [-0.4, -0.2) is 88.4 Å². The first-order valence-electron chi connectivity index (χ1n) is 9.07. The van der Waals surface area contributed by atoms with Gasteiger partial charge in [0.15, 0.2) is 0 Å². The number of hydrogen-bond donors (Lipinski definition) is 1. The van der Waals surface area contributed by atoms with Crippen LogP contribution in [0.2, 0.25) is 0 Å². The van der Waals surface area contributed by atoms with Crippen LogP contribution >= 0.6 is 0 Å². The van der Waals surface area contributed by atoms with E-state index in [4.69, 9.17) is 4.74 Å². The SMILES string of the molecule is O=C([C@@H]1CNCCN1C(=O)c1ccc(-n2cnnc2)cc1)N1CCOCC1. The summed E-state index contributed by atoms with van der Waals surface area (Å²) in [4.78, 5) is 29.5. The number of ether oxygens (including phenoxy) is 1. The van der Waals surface area contributed by atoms with Crippen molar-refractivity contribution in [3.8, 4) is 5.69 Å². The molecule has 1 atom stereocenters. The molecule has 0 aliphatic carbocycles. The molecule has 1 aromatic carbocycles. The summed E-state index contributed by atoms with van der Waals surface area (Å²) in [6.07, 6.45) is 3.20. The van der Waals surface area contributed by atoms with Crippen molar-refractivity contribution in [1.82, 2.24) is 29.9 Å². The quantitative estimate of drug-likeness (QED) is 0.786. The van der Waals surface area contributed by atoms with Crippen molar-refractivity contribution in [2.75, 3.05) is 45.9 Å². The maximum atomic E-state index is 13.1. The Morgan fingerprint density at radius 3 is 2.44 bits per heavy atom. The first-order valence-corrected chi connectivity index (χ1v) is 9.07. The first kappa shape index (κ1) is 17.6. The van der Waals surface area contributed by atoms with E-state index in [0.29, 0.717) is 51.5 Å². The highest BCUT2D eigenvalue weighted by molar-refractivity contribution is 5.98. The maximum Gasteiger partial charge on any atom is 0.254 e. The highest BCUT2D eigenvalue weighted by atomic mass is 16.5. The molecule has 4 rings (SSSR count). The minimum atomic E-state index is -0.484. The van der Waals surface area contributed by atoms with Gasteiger partial charge in [-0.05, 0) is 24.3 Å².